The van der Waals surface area contributed by atoms with Crippen molar-refractivity contribution in [3.8, 4) is 10.6 Å². The van der Waals surface area contributed by atoms with E-state index in [9.17, 15) is 4.79 Å². The summed E-state index contributed by atoms with van der Waals surface area (Å²) in [6, 6.07) is 13.2. The molecule has 8 heteroatoms. The van der Waals surface area contributed by atoms with Gasteiger partial charge in [-0.3, -0.25) is 9.20 Å². The zero-order valence-corrected chi connectivity index (χ0v) is 17.3. The number of benzene rings is 1. The van der Waals surface area contributed by atoms with E-state index in [-0.39, 0.29) is 11.9 Å². The molecule has 1 atom stereocenters. The van der Waals surface area contributed by atoms with Crippen LogP contribution < -0.4 is 0 Å². The Labute approximate surface area is 176 Å². The van der Waals surface area contributed by atoms with Crippen LogP contribution >= 0.6 is 22.9 Å². The third-order valence-corrected chi connectivity index (χ3v) is 6.68. The fourth-order valence-electron chi connectivity index (χ4n) is 3.81. The Bertz CT molecular complexity index is 1200. The molecule has 0 spiro atoms. The van der Waals surface area contributed by atoms with Gasteiger partial charge in [0.05, 0.1) is 11.7 Å². The molecule has 0 aliphatic carbocycles. The van der Waals surface area contributed by atoms with Crippen molar-refractivity contribution in [2.45, 2.75) is 25.8 Å². The van der Waals surface area contributed by atoms with Crippen LogP contribution in [0.4, 0.5) is 0 Å². The fourth-order valence-corrected chi connectivity index (χ4v) is 4.96. The van der Waals surface area contributed by atoms with Crippen molar-refractivity contribution >= 4 is 34.5 Å². The number of halogens is 1. The first kappa shape index (κ1) is 18.3. The Morgan fingerprint density at radius 1 is 1.17 bits per heavy atom. The SMILES string of the molecule is Cc1nc(-c2ccc(Cl)cc2)sc1C(=O)N1CCCC1c1nnc2ccccn12. The first-order valence-electron chi connectivity index (χ1n) is 9.46. The number of amides is 1. The molecule has 1 amide bonds. The third kappa shape index (κ3) is 3.20. The number of pyridine rings is 1. The van der Waals surface area contributed by atoms with Crippen LogP contribution in [-0.4, -0.2) is 36.9 Å². The summed E-state index contributed by atoms with van der Waals surface area (Å²) in [5, 5.41) is 10.1. The van der Waals surface area contributed by atoms with E-state index < -0.39 is 0 Å². The lowest BCUT2D eigenvalue weighted by Gasteiger charge is -2.23. The molecule has 3 aromatic heterocycles. The van der Waals surface area contributed by atoms with Crippen molar-refractivity contribution in [1.82, 2.24) is 24.5 Å². The van der Waals surface area contributed by atoms with Crippen LogP contribution in [0, 0.1) is 6.92 Å². The summed E-state index contributed by atoms with van der Waals surface area (Å²) in [5.74, 6) is 0.821. The van der Waals surface area contributed by atoms with Gasteiger partial charge in [0.1, 0.15) is 9.88 Å². The van der Waals surface area contributed by atoms with Gasteiger partial charge >= 0.3 is 0 Å². The van der Waals surface area contributed by atoms with E-state index in [4.69, 9.17) is 11.6 Å². The number of hydrogen-bond acceptors (Lipinski definition) is 5. The summed E-state index contributed by atoms with van der Waals surface area (Å²) >= 11 is 7.42. The Balaban J connectivity index is 1.47. The molecule has 1 aliphatic heterocycles. The Hall–Kier alpha value is -2.77. The highest BCUT2D eigenvalue weighted by Gasteiger charge is 2.35. The predicted molar refractivity (Wildman–Crippen MR) is 113 cm³/mol. The van der Waals surface area contributed by atoms with Crippen LogP contribution in [0.25, 0.3) is 16.2 Å². The second kappa shape index (κ2) is 7.24. The van der Waals surface area contributed by atoms with Gasteiger partial charge in [-0.05, 0) is 44.0 Å². The molecular weight excluding hydrogens is 406 g/mol. The van der Waals surface area contributed by atoms with E-state index >= 15 is 0 Å². The number of carbonyl (C=O) groups excluding carboxylic acids is 1. The van der Waals surface area contributed by atoms with E-state index in [1.165, 1.54) is 11.3 Å². The van der Waals surface area contributed by atoms with Gasteiger partial charge in [0.15, 0.2) is 11.5 Å². The van der Waals surface area contributed by atoms with Crippen molar-refractivity contribution in [3.05, 3.63) is 70.1 Å². The van der Waals surface area contributed by atoms with Crippen LogP contribution in [0.5, 0.6) is 0 Å². The number of rotatable bonds is 3. The maximum Gasteiger partial charge on any atom is 0.266 e. The third-order valence-electron chi connectivity index (χ3n) is 5.23. The molecule has 4 aromatic rings. The summed E-state index contributed by atoms with van der Waals surface area (Å²) in [6.07, 6.45) is 3.77. The molecule has 1 aromatic carbocycles. The standard InChI is InChI=1S/C21H18ClN5OS/c1-13-18(29-20(23-13)14-7-9-15(22)10-8-14)21(28)26-12-4-5-16(26)19-25-24-17-6-2-3-11-27(17)19/h2-3,6-11,16H,4-5,12H2,1H3. The highest BCUT2D eigenvalue weighted by molar-refractivity contribution is 7.17. The fraction of sp³-hybridized carbons (Fsp3) is 0.238. The molecule has 1 unspecified atom stereocenters. The van der Waals surface area contributed by atoms with Gasteiger partial charge in [-0.25, -0.2) is 4.98 Å². The number of thiazole rings is 1. The van der Waals surface area contributed by atoms with Crippen LogP contribution in [0.1, 0.15) is 40.1 Å². The van der Waals surface area contributed by atoms with Gasteiger partial charge in [0.2, 0.25) is 0 Å². The molecule has 29 heavy (non-hydrogen) atoms. The number of carbonyl (C=O) groups is 1. The van der Waals surface area contributed by atoms with Gasteiger partial charge < -0.3 is 4.90 Å². The van der Waals surface area contributed by atoms with Crippen molar-refractivity contribution in [1.29, 1.82) is 0 Å². The quantitative estimate of drug-likeness (QED) is 0.475. The van der Waals surface area contributed by atoms with Crippen LogP contribution in [0.3, 0.4) is 0 Å². The molecule has 1 fully saturated rings. The predicted octanol–water partition coefficient (Wildman–Crippen LogP) is 4.79. The zero-order valence-electron chi connectivity index (χ0n) is 15.7. The molecule has 0 radical (unpaired) electrons. The molecule has 0 bridgehead atoms. The number of aromatic nitrogens is 4. The van der Waals surface area contributed by atoms with E-state index in [0.29, 0.717) is 16.4 Å². The highest BCUT2D eigenvalue weighted by atomic mass is 35.5. The Kier molecular flexibility index (Phi) is 4.56. The number of nitrogens with zero attached hydrogens (tertiary/aromatic N) is 5. The van der Waals surface area contributed by atoms with Crippen molar-refractivity contribution in [3.63, 3.8) is 0 Å². The molecule has 6 nitrogen and oxygen atoms in total. The number of likely N-dealkylation sites (tertiary alicyclic amines) is 1. The molecule has 0 saturated carbocycles. The minimum Gasteiger partial charge on any atom is -0.328 e. The average molecular weight is 424 g/mol. The molecule has 4 heterocycles. The lowest BCUT2D eigenvalue weighted by atomic mass is 10.2. The lowest BCUT2D eigenvalue weighted by molar-refractivity contribution is 0.0733. The topological polar surface area (TPSA) is 63.4 Å². The van der Waals surface area contributed by atoms with E-state index in [0.717, 1.165) is 40.6 Å². The van der Waals surface area contributed by atoms with Gasteiger partial charge in [0.25, 0.3) is 5.91 Å². The number of hydrogen-bond donors (Lipinski definition) is 0. The van der Waals surface area contributed by atoms with Crippen molar-refractivity contribution < 1.29 is 4.79 Å². The molecule has 5 rings (SSSR count). The highest BCUT2D eigenvalue weighted by Crippen LogP contribution is 2.35. The summed E-state index contributed by atoms with van der Waals surface area (Å²) in [4.78, 5) is 20.7. The summed E-state index contributed by atoms with van der Waals surface area (Å²) in [6.45, 7) is 2.60. The molecular formula is C21H18ClN5OS. The Morgan fingerprint density at radius 3 is 2.83 bits per heavy atom. The first-order chi connectivity index (χ1) is 14.1. The lowest BCUT2D eigenvalue weighted by Crippen LogP contribution is -2.31. The van der Waals surface area contributed by atoms with Gasteiger partial charge in [-0.1, -0.05) is 29.8 Å². The van der Waals surface area contributed by atoms with Crippen LogP contribution in [-0.2, 0) is 0 Å². The molecule has 1 aliphatic rings. The van der Waals surface area contributed by atoms with Gasteiger partial charge in [-0.2, -0.15) is 0 Å². The van der Waals surface area contributed by atoms with E-state index in [2.05, 4.69) is 15.2 Å². The minimum absolute atomic E-state index is 0.00962. The molecule has 146 valence electrons. The monoisotopic (exact) mass is 423 g/mol. The number of fused-ring (bicyclic) bond motifs is 1. The molecule has 1 saturated heterocycles. The normalized spacial score (nSPS) is 16.6. The largest absolute Gasteiger partial charge is 0.328 e. The van der Waals surface area contributed by atoms with E-state index in [1.807, 2.05) is 64.9 Å². The molecule has 0 N–H and O–H groups in total. The maximum atomic E-state index is 13.4. The van der Waals surface area contributed by atoms with Gasteiger partial charge in [-0.15, -0.1) is 21.5 Å². The Morgan fingerprint density at radius 2 is 2.00 bits per heavy atom. The summed E-state index contributed by atoms with van der Waals surface area (Å²) < 4.78 is 1.97. The average Bonchev–Trinajstić information content (AvgIpc) is 3.45. The first-order valence-corrected chi connectivity index (χ1v) is 10.7. The second-order valence-corrected chi connectivity index (χ2v) is 8.52. The zero-order chi connectivity index (χ0) is 20.0. The van der Waals surface area contributed by atoms with Crippen molar-refractivity contribution in [2.24, 2.45) is 0 Å². The summed E-state index contributed by atoms with van der Waals surface area (Å²) in [5.41, 5.74) is 2.51. The van der Waals surface area contributed by atoms with Crippen LogP contribution in [0.2, 0.25) is 5.02 Å². The van der Waals surface area contributed by atoms with Gasteiger partial charge in [0, 0.05) is 23.3 Å². The van der Waals surface area contributed by atoms with Crippen LogP contribution in [0.15, 0.2) is 48.7 Å². The minimum atomic E-state index is -0.0830. The smallest absolute Gasteiger partial charge is 0.266 e. The van der Waals surface area contributed by atoms with Crippen molar-refractivity contribution in [2.75, 3.05) is 6.54 Å². The summed E-state index contributed by atoms with van der Waals surface area (Å²) in [7, 11) is 0. The maximum absolute atomic E-state index is 13.4. The second-order valence-electron chi connectivity index (χ2n) is 7.08. The number of aryl methyl sites for hydroxylation is 1. The van der Waals surface area contributed by atoms with E-state index in [1.54, 1.807) is 0 Å².